The van der Waals surface area contributed by atoms with Crippen molar-refractivity contribution in [1.29, 1.82) is 0 Å². The predicted molar refractivity (Wildman–Crippen MR) is 181 cm³/mol. The van der Waals surface area contributed by atoms with Crippen LogP contribution in [0.1, 0.15) is 212 Å². The lowest BCUT2D eigenvalue weighted by molar-refractivity contribution is 0.465. The number of hydrogen-bond acceptors (Lipinski definition) is 1. The Bertz CT molecular complexity index is 609. The Kier molecular flexibility index (Phi) is 28.7. The lowest BCUT2D eigenvalue weighted by Gasteiger charge is -2.05. The number of aromatic hydroxyl groups is 1. The Morgan fingerprint density at radius 3 is 0.875 bits per heavy atom. The fraction of sp³-hybridized carbons (Fsp3) is 0.846. The number of phenols is 1. The molecule has 1 aromatic rings. The molecule has 0 heterocycles. The first-order valence-corrected chi connectivity index (χ1v) is 18.6. The van der Waals surface area contributed by atoms with Crippen molar-refractivity contribution < 1.29 is 5.11 Å². The molecule has 0 radical (unpaired) electrons. The van der Waals surface area contributed by atoms with E-state index < -0.39 is 0 Å². The molecule has 0 aliphatic heterocycles. The molecule has 0 aliphatic rings. The van der Waals surface area contributed by atoms with Crippen molar-refractivity contribution in [2.75, 3.05) is 0 Å². The number of aryl methyl sites for hydroxylation is 1. The molecule has 1 aromatic carbocycles. The summed E-state index contributed by atoms with van der Waals surface area (Å²) in [6.45, 7) is 2.31. The van der Waals surface area contributed by atoms with Gasteiger partial charge >= 0.3 is 0 Å². The maximum absolute atomic E-state index is 9.82. The third-order valence-electron chi connectivity index (χ3n) is 9.04. The number of hydrogen-bond donors (Lipinski definition) is 1. The van der Waals surface area contributed by atoms with Gasteiger partial charge in [-0.05, 0) is 24.5 Å². The molecule has 0 unspecified atom stereocenters. The largest absolute Gasteiger partial charge is 0.508 e. The summed E-state index contributed by atoms with van der Waals surface area (Å²) in [5.74, 6) is 0.466. The second kappa shape index (κ2) is 31.0. The van der Waals surface area contributed by atoms with Gasteiger partial charge < -0.3 is 5.11 Å². The second-order valence-corrected chi connectivity index (χ2v) is 13.0. The molecule has 0 aromatic heterocycles. The molecule has 1 rings (SSSR count). The van der Waals surface area contributed by atoms with Gasteiger partial charge in [0.1, 0.15) is 5.75 Å². The molecular weight excluding hydrogens is 484 g/mol. The summed E-state index contributed by atoms with van der Waals surface area (Å²) >= 11 is 0. The zero-order valence-electron chi connectivity index (χ0n) is 27.4. The highest BCUT2D eigenvalue weighted by atomic mass is 16.3. The minimum atomic E-state index is 0.466. The van der Waals surface area contributed by atoms with Crippen LogP contribution in [0.2, 0.25) is 0 Å². The van der Waals surface area contributed by atoms with E-state index in [0.29, 0.717) is 5.75 Å². The molecule has 0 aliphatic carbocycles. The quantitative estimate of drug-likeness (QED) is 0.0875. The van der Waals surface area contributed by atoms with E-state index in [1.165, 1.54) is 199 Å². The lowest BCUT2D eigenvalue weighted by atomic mass is 10.0. The predicted octanol–water partition coefficient (Wildman–Crippen LogP) is 14.0. The van der Waals surface area contributed by atoms with Crippen LogP contribution < -0.4 is 0 Å². The number of unbranched alkanes of at least 4 members (excludes halogenated alkanes) is 30. The standard InChI is InChI=1S/C39H72O/c1-2-3-4-5-6-7-8-9-10-11-12-13-14-15-16-17-18-19-20-21-22-23-24-25-26-27-28-29-30-31-32-35-38-36-33-34-37-39(38)40/h33-34,36-37,40H,2-32,35H2,1H3. The monoisotopic (exact) mass is 557 g/mol. The summed E-state index contributed by atoms with van der Waals surface area (Å²) in [6, 6.07) is 7.79. The Balaban J connectivity index is 1.64. The van der Waals surface area contributed by atoms with Gasteiger partial charge in [-0.15, -0.1) is 0 Å². The van der Waals surface area contributed by atoms with Crippen molar-refractivity contribution in [3.63, 3.8) is 0 Å². The van der Waals surface area contributed by atoms with E-state index in [-0.39, 0.29) is 0 Å². The summed E-state index contributed by atoms with van der Waals surface area (Å²) in [6.07, 6.45) is 45.8. The summed E-state index contributed by atoms with van der Waals surface area (Å²) in [5, 5.41) is 9.82. The minimum Gasteiger partial charge on any atom is -0.508 e. The van der Waals surface area contributed by atoms with Gasteiger partial charge in [0.2, 0.25) is 0 Å². The molecule has 0 fully saturated rings. The van der Waals surface area contributed by atoms with Crippen LogP contribution in [0.15, 0.2) is 24.3 Å². The molecule has 1 N–H and O–H groups in total. The highest BCUT2D eigenvalue weighted by Crippen LogP contribution is 2.20. The molecule has 0 spiro atoms. The Labute approximate surface area is 252 Å². The lowest BCUT2D eigenvalue weighted by Crippen LogP contribution is -1.87. The number of para-hydroxylation sites is 1. The van der Waals surface area contributed by atoms with E-state index in [4.69, 9.17) is 0 Å². The molecule has 40 heavy (non-hydrogen) atoms. The summed E-state index contributed by atoms with van der Waals surface area (Å²) in [7, 11) is 0. The number of rotatable bonds is 32. The number of phenolic OH excluding ortho intramolecular Hbond substituents is 1. The maximum atomic E-state index is 9.82. The summed E-state index contributed by atoms with van der Waals surface area (Å²) in [5.41, 5.74) is 1.11. The highest BCUT2D eigenvalue weighted by molar-refractivity contribution is 5.31. The molecule has 1 heteroatoms. The van der Waals surface area contributed by atoms with Crippen molar-refractivity contribution in [3.8, 4) is 5.75 Å². The first kappa shape index (κ1) is 37.0. The van der Waals surface area contributed by atoms with E-state index in [0.717, 1.165) is 12.0 Å². The summed E-state index contributed by atoms with van der Waals surface area (Å²) < 4.78 is 0. The highest BCUT2D eigenvalue weighted by Gasteiger charge is 2.00. The maximum Gasteiger partial charge on any atom is 0.118 e. The smallest absolute Gasteiger partial charge is 0.118 e. The van der Waals surface area contributed by atoms with Gasteiger partial charge in [-0.3, -0.25) is 0 Å². The van der Waals surface area contributed by atoms with E-state index >= 15 is 0 Å². The van der Waals surface area contributed by atoms with E-state index in [1.807, 2.05) is 12.1 Å². The molecule has 234 valence electrons. The Morgan fingerprint density at radius 1 is 0.350 bits per heavy atom. The average Bonchev–Trinajstić information content (AvgIpc) is 2.97. The summed E-state index contributed by atoms with van der Waals surface area (Å²) in [4.78, 5) is 0. The van der Waals surface area contributed by atoms with Crippen molar-refractivity contribution in [2.45, 2.75) is 212 Å². The van der Waals surface area contributed by atoms with Crippen LogP contribution >= 0.6 is 0 Å². The third-order valence-corrected chi connectivity index (χ3v) is 9.04. The van der Waals surface area contributed by atoms with Gasteiger partial charge in [0.15, 0.2) is 0 Å². The van der Waals surface area contributed by atoms with Crippen LogP contribution in [0.25, 0.3) is 0 Å². The molecule has 0 atom stereocenters. The van der Waals surface area contributed by atoms with Crippen molar-refractivity contribution in [2.24, 2.45) is 0 Å². The van der Waals surface area contributed by atoms with Crippen molar-refractivity contribution in [3.05, 3.63) is 29.8 Å². The van der Waals surface area contributed by atoms with Crippen LogP contribution in [-0.2, 0) is 6.42 Å². The Hall–Kier alpha value is -0.980. The van der Waals surface area contributed by atoms with Crippen molar-refractivity contribution >= 4 is 0 Å². The number of benzene rings is 1. The molecule has 0 bridgehead atoms. The first-order valence-electron chi connectivity index (χ1n) is 18.6. The SMILES string of the molecule is CCCCCCCCCCCCCCCCCCCCCCCCCCCCCCCCCc1ccccc1O. The van der Waals surface area contributed by atoms with Crippen LogP contribution in [0.3, 0.4) is 0 Å². The van der Waals surface area contributed by atoms with E-state index in [2.05, 4.69) is 13.0 Å². The van der Waals surface area contributed by atoms with Gasteiger partial charge in [0.05, 0.1) is 0 Å². The fourth-order valence-electron chi connectivity index (χ4n) is 6.24. The van der Waals surface area contributed by atoms with E-state index in [9.17, 15) is 5.11 Å². The van der Waals surface area contributed by atoms with Gasteiger partial charge in [0, 0.05) is 0 Å². The van der Waals surface area contributed by atoms with Crippen LogP contribution in [0, 0.1) is 0 Å². The Morgan fingerprint density at radius 2 is 0.600 bits per heavy atom. The molecule has 0 amide bonds. The zero-order chi connectivity index (χ0) is 28.6. The van der Waals surface area contributed by atoms with Gasteiger partial charge in [-0.1, -0.05) is 218 Å². The van der Waals surface area contributed by atoms with Gasteiger partial charge in [-0.2, -0.15) is 0 Å². The molecular formula is C39H72O. The molecule has 1 nitrogen and oxygen atoms in total. The third kappa shape index (κ3) is 26.0. The van der Waals surface area contributed by atoms with E-state index in [1.54, 1.807) is 6.07 Å². The molecule has 0 saturated heterocycles. The molecule has 0 saturated carbocycles. The fourth-order valence-corrected chi connectivity index (χ4v) is 6.24. The topological polar surface area (TPSA) is 20.2 Å². The second-order valence-electron chi connectivity index (χ2n) is 13.0. The van der Waals surface area contributed by atoms with Crippen LogP contribution in [0.4, 0.5) is 0 Å². The van der Waals surface area contributed by atoms with Crippen LogP contribution in [0.5, 0.6) is 5.75 Å². The minimum absolute atomic E-state index is 0.466. The average molecular weight is 557 g/mol. The normalized spacial score (nSPS) is 11.4. The zero-order valence-corrected chi connectivity index (χ0v) is 27.4. The van der Waals surface area contributed by atoms with Gasteiger partial charge in [-0.25, -0.2) is 0 Å². The van der Waals surface area contributed by atoms with Crippen LogP contribution in [-0.4, -0.2) is 5.11 Å². The first-order chi connectivity index (χ1) is 19.8. The van der Waals surface area contributed by atoms with Gasteiger partial charge in [0.25, 0.3) is 0 Å². The van der Waals surface area contributed by atoms with Crippen molar-refractivity contribution in [1.82, 2.24) is 0 Å².